The van der Waals surface area contributed by atoms with Gasteiger partial charge in [-0.05, 0) is 20.3 Å². The molecule has 2 heterocycles. The van der Waals surface area contributed by atoms with Gasteiger partial charge >= 0.3 is 11.9 Å². The molecule has 1 aliphatic rings. The van der Waals surface area contributed by atoms with Gasteiger partial charge in [-0.3, -0.25) is 4.57 Å². The van der Waals surface area contributed by atoms with E-state index < -0.39 is 17.5 Å². The average Bonchev–Trinajstić information content (AvgIpc) is 3.14. The van der Waals surface area contributed by atoms with Crippen LogP contribution in [0.25, 0.3) is 0 Å². The summed E-state index contributed by atoms with van der Waals surface area (Å²) in [5.41, 5.74) is -0.0648. The molecular weight excluding hydrogens is 366 g/mol. The first-order valence-electron chi connectivity index (χ1n) is 8.71. The highest BCUT2D eigenvalue weighted by Crippen LogP contribution is 2.48. The molecule has 152 valence electrons. The number of hydrogen-bond donors (Lipinski definition) is 2. The number of rotatable bonds is 9. The lowest BCUT2D eigenvalue weighted by molar-refractivity contribution is -0.147. The predicted molar refractivity (Wildman–Crippen MR) is 101 cm³/mol. The SMILES string of the molecule is C=CC1(COC(=O)C(=C)C)OCc2c1c(O)n(CCCOC(=O)C(=C)C)c2O. The Hall–Kier alpha value is -3.00. The molecule has 2 N–H and O–H groups in total. The zero-order chi connectivity index (χ0) is 21.1. The highest BCUT2D eigenvalue weighted by molar-refractivity contribution is 5.87. The summed E-state index contributed by atoms with van der Waals surface area (Å²) in [5, 5.41) is 21.1. The minimum absolute atomic E-state index is 0.0169. The first-order chi connectivity index (χ1) is 13.1. The highest BCUT2D eigenvalue weighted by Gasteiger charge is 2.45. The van der Waals surface area contributed by atoms with Crippen LogP contribution in [0.1, 0.15) is 31.4 Å². The highest BCUT2D eigenvalue weighted by atomic mass is 16.6. The summed E-state index contributed by atoms with van der Waals surface area (Å²) < 4.78 is 17.2. The van der Waals surface area contributed by atoms with Gasteiger partial charge in [0.2, 0.25) is 5.88 Å². The zero-order valence-corrected chi connectivity index (χ0v) is 16.1. The van der Waals surface area contributed by atoms with E-state index in [0.717, 1.165) is 0 Å². The Morgan fingerprint density at radius 2 is 1.79 bits per heavy atom. The van der Waals surface area contributed by atoms with Crippen molar-refractivity contribution in [1.29, 1.82) is 0 Å². The third-order valence-electron chi connectivity index (χ3n) is 4.41. The van der Waals surface area contributed by atoms with Gasteiger partial charge in [0.05, 0.1) is 18.8 Å². The number of aromatic nitrogens is 1. The molecule has 2 rings (SSSR count). The molecule has 0 radical (unpaired) electrons. The monoisotopic (exact) mass is 391 g/mol. The van der Waals surface area contributed by atoms with Gasteiger partial charge in [-0.15, -0.1) is 0 Å². The number of fused-ring (bicyclic) bond motifs is 1. The molecule has 1 aromatic heterocycles. The van der Waals surface area contributed by atoms with Gasteiger partial charge in [0.15, 0.2) is 11.5 Å². The molecule has 0 bridgehead atoms. The van der Waals surface area contributed by atoms with Crippen LogP contribution in [0.15, 0.2) is 37.0 Å². The summed E-state index contributed by atoms with van der Waals surface area (Å²) in [6, 6.07) is 0. The van der Waals surface area contributed by atoms with Crippen LogP contribution in [0.4, 0.5) is 0 Å². The van der Waals surface area contributed by atoms with Crippen LogP contribution in [0.5, 0.6) is 11.8 Å². The first kappa shape index (κ1) is 21.3. The second-order valence-corrected chi connectivity index (χ2v) is 6.66. The van der Waals surface area contributed by atoms with E-state index in [2.05, 4.69) is 19.7 Å². The van der Waals surface area contributed by atoms with Crippen LogP contribution in [-0.4, -0.2) is 39.9 Å². The standard InChI is InChI=1S/C20H25NO7/c1-6-20(11-27-19(25)13(4)5)15-14(10-28-20)16(22)21(17(15)23)8-7-9-26-18(24)12(2)3/h6,22-23H,1-2,4,7-11H2,3,5H3. The maximum Gasteiger partial charge on any atom is 0.333 e. The number of carbonyl (C=O) groups excluding carboxylic acids is 2. The molecule has 0 amide bonds. The van der Waals surface area contributed by atoms with Crippen LogP contribution in [0.2, 0.25) is 0 Å². The third-order valence-corrected chi connectivity index (χ3v) is 4.41. The summed E-state index contributed by atoms with van der Waals surface area (Å²) >= 11 is 0. The lowest BCUT2D eigenvalue weighted by Gasteiger charge is -2.25. The average molecular weight is 391 g/mol. The molecule has 0 fully saturated rings. The van der Waals surface area contributed by atoms with Crippen molar-refractivity contribution in [1.82, 2.24) is 4.57 Å². The number of nitrogens with zero attached hydrogens (tertiary/aromatic N) is 1. The molecular formula is C20H25NO7. The van der Waals surface area contributed by atoms with Crippen molar-refractivity contribution in [3.63, 3.8) is 0 Å². The molecule has 1 unspecified atom stereocenters. The molecule has 0 saturated heterocycles. The fraction of sp³-hybridized carbons (Fsp3) is 0.400. The third kappa shape index (κ3) is 3.96. The first-order valence-corrected chi connectivity index (χ1v) is 8.71. The van der Waals surface area contributed by atoms with Gasteiger partial charge in [-0.25, -0.2) is 9.59 Å². The molecule has 8 heteroatoms. The molecule has 1 aromatic rings. The molecule has 0 aromatic carbocycles. The Labute approximate surface area is 163 Å². The van der Waals surface area contributed by atoms with E-state index in [1.165, 1.54) is 17.6 Å². The lowest BCUT2D eigenvalue weighted by atomic mass is 9.96. The van der Waals surface area contributed by atoms with Crippen LogP contribution >= 0.6 is 0 Å². The fourth-order valence-corrected chi connectivity index (χ4v) is 2.85. The maximum absolute atomic E-state index is 11.7. The zero-order valence-electron chi connectivity index (χ0n) is 16.1. The Bertz CT molecular complexity index is 836. The Kier molecular flexibility index (Phi) is 6.35. The van der Waals surface area contributed by atoms with Gasteiger partial charge in [0.25, 0.3) is 0 Å². The van der Waals surface area contributed by atoms with Crippen molar-refractivity contribution in [3.8, 4) is 11.8 Å². The molecule has 0 saturated carbocycles. The van der Waals surface area contributed by atoms with Crippen molar-refractivity contribution in [2.24, 2.45) is 0 Å². The summed E-state index contributed by atoms with van der Waals surface area (Å²) in [4.78, 5) is 23.1. The van der Waals surface area contributed by atoms with Crippen LogP contribution < -0.4 is 0 Å². The fourth-order valence-electron chi connectivity index (χ4n) is 2.85. The molecule has 1 aliphatic heterocycles. The van der Waals surface area contributed by atoms with Gasteiger partial charge in [-0.2, -0.15) is 0 Å². The van der Waals surface area contributed by atoms with Gasteiger partial charge in [0, 0.05) is 23.3 Å². The summed E-state index contributed by atoms with van der Waals surface area (Å²) in [6.45, 7) is 13.9. The van der Waals surface area contributed by atoms with Crippen LogP contribution in [0.3, 0.4) is 0 Å². The van der Waals surface area contributed by atoms with Gasteiger partial charge in [0.1, 0.15) is 6.61 Å². The van der Waals surface area contributed by atoms with Crippen molar-refractivity contribution < 1.29 is 34.0 Å². The second kappa shape index (κ2) is 8.35. The number of hydrogen-bond acceptors (Lipinski definition) is 7. The molecule has 0 aliphatic carbocycles. The van der Waals surface area contributed by atoms with Crippen molar-refractivity contribution in [3.05, 3.63) is 48.1 Å². The normalized spacial score (nSPS) is 17.6. The molecule has 8 nitrogen and oxygen atoms in total. The minimum atomic E-state index is -1.28. The molecule has 0 spiro atoms. The maximum atomic E-state index is 11.7. The second-order valence-electron chi connectivity index (χ2n) is 6.66. The van der Waals surface area contributed by atoms with E-state index in [4.69, 9.17) is 14.2 Å². The number of carbonyl (C=O) groups is 2. The number of ether oxygens (including phenoxy) is 3. The van der Waals surface area contributed by atoms with E-state index in [-0.39, 0.29) is 43.7 Å². The van der Waals surface area contributed by atoms with E-state index in [9.17, 15) is 19.8 Å². The number of esters is 2. The van der Waals surface area contributed by atoms with Gasteiger partial charge in [-0.1, -0.05) is 25.8 Å². The smallest absolute Gasteiger partial charge is 0.333 e. The summed E-state index contributed by atoms with van der Waals surface area (Å²) in [7, 11) is 0. The predicted octanol–water partition coefficient (Wildman–Crippen LogP) is 2.44. The Morgan fingerprint density at radius 3 is 2.36 bits per heavy atom. The van der Waals surface area contributed by atoms with Crippen LogP contribution in [-0.2, 0) is 42.6 Å². The van der Waals surface area contributed by atoms with E-state index in [1.54, 1.807) is 6.92 Å². The lowest BCUT2D eigenvalue weighted by Crippen LogP contribution is -2.30. The topological polar surface area (TPSA) is 107 Å². The largest absolute Gasteiger partial charge is 0.494 e. The van der Waals surface area contributed by atoms with Gasteiger partial charge < -0.3 is 24.4 Å². The number of aromatic hydroxyl groups is 2. The van der Waals surface area contributed by atoms with E-state index in [1.807, 2.05) is 0 Å². The van der Waals surface area contributed by atoms with Crippen molar-refractivity contribution >= 4 is 11.9 Å². The van der Waals surface area contributed by atoms with E-state index in [0.29, 0.717) is 23.1 Å². The molecule has 28 heavy (non-hydrogen) atoms. The van der Waals surface area contributed by atoms with Crippen molar-refractivity contribution in [2.75, 3.05) is 13.2 Å². The Morgan fingerprint density at radius 1 is 1.18 bits per heavy atom. The van der Waals surface area contributed by atoms with E-state index >= 15 is 0 Å². The van der Waals surface area contributed by atoms with Crippen molar-refractivity contribution in [2.45, 2.75) is 39.0 Å². The quantitative estimate of drug-likeness (QED) is 0.288. The molecule has 1 atom stereocenters. The Balaban J connectivity index is 2.17. The minimum Gasteiger partial charge on any atom is -0.494 e. The summed E-state index contributed by atoms with van der Waals surface area (Å²) in [5.74, 6) is -1.47. The van der Waals surface area contributed by atoms with Crippen LogP contribution in [0, 0.1) is 0 Å². The summed E-state index contributed by atoms with van der Waals surface area (Å²) in [6.07, 6.45) is 1.78.